The monoisotopic (exact) mass is 257 g/mol. The SMILES string of the molecule is CCCC1CCC(CN)(C(C)(O)COCC)CC1. The van der Waals surface area contributed by atoms with Crippen LogP contribution in [0.5, 0.6) is 0 Å². The molecule has 1 aliphatic rings. The first kappa shape index (κ1) is 15.9. The summed E-state index contributed by atoms with van der Waals surface area (Å²) in [4.78, 5) is 0. The van der Waals surface area contributed by atoms with E-state index >= 15 is 0 Å². The molecule has 0 bridgehead atoms. The van der Waals surface area contributed by atoms with Crippen molar-refractivity contribution in [2.75, 3.05) is 19.8 Å². The van der Waals surface area contributed by atoms with Crippen LogP contribution in [0.2, 0.25) is 0 Å². The van der Waals surface area contributed by atoms with Crippen molar-refractivity contribution in [1.82, 2.24) is 0 Å². The fourth-order valence-electron chi connectivity index (χ4n) is 3.34. The molecule has 1 rings (SSSR count). The van der Waals surface area contributed by atoms with Crippen LogP contribution < -0.4 is 5.73 Å². The minimum absolute atomic E-state index is 0.146. The summed E-state index contributed by atoms with van der Waals surface area (Å²) in [5, 5.41) is 10.7. The highest BCUT2D eigenvalue weighted by Crippen LogP contribution is 2.46. The molecule has 0 spiro atoms. The van der Waals surface area contributed by atoms with Gasteiger partial charge in [-0.3, -0.25) is 0 Å². The zero-order valence-corrected chi connectivity index (χ0v) is 12.4. The zero-order valence-electron chi connectivity index (χ0n) is 12.4. The van der Waals surface area contributed by atoms with Crippen LogP contribution in [0.3, 0.4) is 0 Å². The van der Waals surface area contributed by atoms with Crippen molar-refractivity contribution in [3.05, 3.63) is 0 Å². The molecule has 0 aromatic heterocycles. The molecule has 3 N–H and O–H groups in total. The Labute approximate surface area is 112 Å². The van der Waals surface area contributed by atoms with Crippen LogP contribution in [0.15, 0.2) is 0 Å². The predicted octanol–water partition coefficient (Wildman–Crippen LogP) is 2.71. The highest BCUT2D eigenvalue weighted by Gasteiger charge is 2.47. The molecule has 1 fully saturated rings. The molecule has 1 aliphatic carbocycles. The predicted molar refractivity (Wildman–Crippen MR) is 75.5 cm³/mol. The summed E-state index contributed by atoms with van der Waals surface area (Å²) >= 11 is 0. The third-order valence-electron chi connectivity index (χ3n) is 4.88. The molecule has 0 saturated heterocycles. The van der Waals surface area contributed by atoms with E-state index in [4.69, 9.17) is 10.5 Å². The molecule has 0 aliphatic heterocycles. The van der Waals surface area contributed by atoms with E-state index in [9.17, 15) is 5.11 Å². The molecule has 0 heterocycles. The first-order valence-corrected chi connectivity index (χ1v) is 7.51. The van der Waals surface area contributed by atoms with Crippen molar-refractivity contribution in [2.24, 2.45) is 17.1 Å². The van der Waals surface area contributed by atoms with Gasteiger partial charge in [0.2, 0.25) is 0 Å². The second kappa shape index (κ2) is 6.88. The molecule has 1 saturated carbocycles. The summed E-state index contributed by atoms with van der Waals surface area (Å²) in [5.41, 5.74) is 5.06. The van der Waals surface area contributed by atoms with Gasteiger partial charge in [0.15, 0.2) is 0 Å². The Balaban J connectivity index is 2.64. The fourth-order valence-corrected chi connectivity index (χ4v) is 3.34. The second-order valence-corrected chi connectivity index (χ2v) is 6.13. The van der Waals surface area contributed by atoms with E-state index in [1.165, 1.54) is 25.7 Å². The van der Waals surface area contributed by atoms with Crippen LogP contribution in [0, 0.1) is 11.3 Å². The topological polar surface area (TPSA) is 55.5 Å². The largest absolute Gasteiger partial charge is 0.387 e. The summed E-state index contributed by atoms with van der Waals surface area (Å²) in [6.45, 7) is 7.72. The smallest absolute Gasteiger partial charge is 0.0919 e. The highest BCUT2D eigenvalue weighted by molar-refractivity contribution is 4.99. The number of ether oxygens (including phenoxy) is 1. The van der Waals surface area contributed by atoms with Crippen molar-refractivity contribution in [2.45, 2.75) is 64.9 Å². The van der Waals surface area contributed by atoms with E-state index in [2.05, 4.69) is 6.92 Å². The number of nitrogens with two attached hydrogens (primary N) is 1. The Morgan fingerprint density at radius 2 is 1.94 bits per heavy atom. The average molecular weight is 257 g/mol. The summed E-state index contributed by atoms with van der Waals surface area (Å²) in [7, 11) is 0. The summed E-state index contributed by atoms with van der Waals surface area (Å²) in [6, 6.07) is 0. The highest BCUT2D eigenvalue weighted by atomic mass is 16.5. The van der Waals surface area contributed by atoms with Crippen LogP contribution in [0.1, 0.15) is 59.3 Å². The second-order valence-electron chi connectivity index (χ2n) is 6.13. The molecule has 0 radical (unpaired) electrons. The van der Waals surface area contributed by atoms with Gasteiger partial charge in [-0.2, -0.15) is 0 Å². The van der Waals surface area contributed by atoms with Gasteiger partial charge in [0.25, 0.3) is 0 Å². The number of aliphatic hydroxyl groups is 1. The fraction of sp³-hybridized carbons (Fsp3) is 1.00. The van der Waals surface area contributed by atoms with Crippen molar-refractivity contribution in [1.29, 1.82) is 0 Å². The molecule has 18 heavy (non-hydrogen) atoms. The van der Waals surface area contributed by atoms with Gasteiger partial charge in [0, 0.05) is 18.6 Å². The zero-order chi connectivity index (χ0) is 13.6. The molecule has 0 amide bonds. The first-order valence-electron chi connectivity index (χ1n) is 7.51. The van der Waals surface area contributed by atoms with E-state index in [0.717, 1.165) is 18.8 Å². The van der Waals surface area contributed by atoms with E-state index in [1.807, 2.05) is 13.8 Å². The lowest BCUT2D eigenvalue weighted by Gasteiger charge is -2.48. The number of rotatable bonds is 7. The summed E-state index contributed by atoms with van der Waals surface area (Å²) < 4.78 is 5.45. The van der Waals surface area contributed by atoms with Gasteiger partial charge in [0.1, 0.15) is 0 Å². The van der Waals surface area contributed by atoms with Gasteiger partial charge >= 0.3 is 0 Å². The molecular weight excluding hydrogens is 226 g/mol. The quantitative estimate of drug-likeness (QED) is 0.737. The van der Waals surface area contributed by atoms with Gasteiger partial charge in [0.05, 0.1) is 12.2 Å². The van der Waals surface area contributed by atoms with Gasteiger partial charge in [-0.25, -0.2) is 0 Å². The molecule has 0 aromatic carbocycles. The van der Waals surface area contributed by atoms with Crippen molar-refractivity contribution >= 4 is 0 Å². The van der Waals surface area contributed by atoms with Gasteiger partial charge in [-0.05, 0) is 45.4 Å². The van der Waals surface area contributed by atoms with Crippen LogP contribution >= 0.6 is 0 Å². The maximum absolute atomic E-state index is 10.7. The minimum atomic E-state index is -0.797. The Kier molecular flexibility index (Phi) is 6.09. The molecule has 1 atom stereocenters. The molecular formula is C15H31NO2. The Morgan fingerprint density at radius 1 is 1.33 bits per heavy atom. The van der Waals surface area contributed by atoms with Crippen LogP contribution in [-0.2, 0) is 4.74 Å². The first-order chi connectivity index (χ1) is 8.51. The van der Waals surface area contributed by atoms with Gasteiger partial charge in [-0.15, -0.1) is 0 Å². The van der Waals surface area contributed by atoms with Crippen molar-refractivity contribution in [3.8, 4) is 0 Å². The third-order valence-corrected chi connectivity index (χ3v) is 4.88. The standard InChI is InChI=1S/C15H31NO2/c1-4-6-13-7-9-15(11-16,10-8-13)14(3,17)12-18-5-2/h13,17H,4-12,16H2,1-3H3. The van der Waals surface area contributed by atoms with E-state index in [1.54, 1.807) is 0 Å². The lowest BCUT2D eigenvalue weighted by molar-refractivity contribution is -0.133. The lowest BCUT2D eigenvalue weighted by atomic mass is 9.61. The van der Waals surface area contributed by atoms with E-state index < -0.39 is 5.60 Å². The molecule has 3 heteroatoms. The third kappa shape index (κ3) is 3.46. The molecule has 108 valence electrons. The lowest BCUT2D eigenvalue weighted by Crippen LogP contribution is -2.55. The number of hydrogen-bond donors (Lipinski definition) is 2. The van der Waals surface area contributed by atoms with Gasteiger partial charge in [-0.1, -0.05) is 19.8 Å². The van der Waals surface area contributed by atoms with Crippen LogP contribution in [-0.4, -0.2) is 30.5 Å². The summed E-state index contributed by atoms with van der Waals surface area (Å²) in [6.07, 6.45) is 7.05. The molecule has 1 unspecified atom stereocenters. The molecule has 0 aromatic rings. The Morgan fingerprint density at radius 3 is 2.39 bits per heavy atom. The number of hydrogen-bond acceptors (Lipinski definition) is 3. The normalized spacial score (nSPS) is 32.2. The van der Waals surface area contributed by atoms with E-state index in [0.29, 0.717) is 19.8 Å². The minimum Gasteiger partial charge on any atom is -0.387 e. The maximum atomic E-state index is 10.7. The summed E-state index contributed by atoms with van der Waals surface area (Å²) in [5.74, 6) is 0.831. The van der Waals surface area contributed by atoms with Crippen LogP contribution in [0.4, 0.5) is 0 Å². The maximum Gasteiger partial charge on any atom is 0.0919 e. The van der Waals surface area contributed by atoms with E-state index in [-0.39, 0.29) is 5.41 Å². The van der Waals surface area contributed by atoms with Crippen molar-refractivity contribution in [3.63, 3.8) is 0 Å². The Bertz CT molecular complexity index is 233. The Hall–Kier alpha value is -0.120. The average Bonchev–Trinajstić information content (AvgIpc) is 2.37. The van der Waals surface area contributed by atoms with Crippen molar-refractivity contribution < 1.29 is 9.84 Å². The molecule has 3 nitrogen and oxygen atoms in total. The van der Waals surface area contributed by atoms with Gasteiger partial charge < -0.3 is 15.6 Å². The van der Waals surface area contributed by atoms with Crippen LogP contribution in [0.25, 0.3) is 0 Å².